The first-order chi connectivity index (χ1) is 7.96. The van der Waals surface area contributed by atoms with E-state index in [4.69, 9.17) is 5.26 Å². The molecule has 1 fully saturated rings. The van der Waals surface area contributed by atoms with Crippen molar-refractivity contribution < 1.29 is 8.42 Å². The second kappa shape index (κ2) is 5.80. The first-order valence-electron chi connectivity index (χ1n) is 6.04. The van der Waals surface area contributed by atoms with Gasteiger partial charge in [0.2, 0.25) is 10.0 Å². The average Bonchev–Trinajstić information content (AvgIpc) is 2.36. The summed E-state index contributed by atoms with van der Waals surface area (Å²) >= 11 is 0. The van der Waals surface area contributed by atoms with Crippen molar-refractivity contribution >= 4 is 10.0 Å². The van der Waals surface area contributed by atoms with E-state index in [1.54, 1.807) is 6.07 Å². The normalized spacial score (nSPS) is 27.4. The van der Waals surface area contributed by atoms with Gasteiger partial charge in [-0.25, -0.2) is 13.1 Å². The quantitative estimate of drug-likeness (QED) is 0.757. The van der Waals surface area contributed by atoms with Crippen LogP contribution >= 0.6 is 0 Å². The molecule has 2 atom stereocenters. The van der Waals surface area contributed by atoms with E-state index in [0.717, 1.165) is 32.4 Å². The topological polar surface area (TPSA) is 82.0 Å². The predicted octanol–water partition coefficient (Wildman–Crippen LogP) is 0.598. The lowest BCUT2D eigenvalue weighted by Crippen LogP contribution is -2.48. The van der Waals surface area contributed by atoms with Gasteiger partial charge >= 0.3 is 0 Å². The third-order valence-corrected chi connectivity index (χ3v) is 5.19. The van der Waals surface area contributed by atoms with Crippen LogP contribution in [0.25, 0.3) is 0 Å². The highest BCUT2D eigenvalue weighted by molar-refractivity contribution is 7.90. The second-order valence-corrected chi connectivity index (χ2v) is 6.86. The summed E-state index contributed by atoms with van der Waals surface area (Å²) in [6.07, 6.45) is 3.03. The Kier molecular flexibility index (Phi) is 4.92. The highest BCUT2D eigenvalue weighted by Gasteiger charge is 2.32. The summed E-state index contributed by atoms with van der Waals surface area (Å²) in [7, 11) is -3.50. The first kappa shape index (κ1) is 14.4. The van der Waals surface area contributed by atoms with Gasteiger partial charge in [0.05, 0.1) is 6.07 Å². The molecule has 0 aromatic heterocycles. The summed E-state index contributed by atoms with van der Waals surface area (Å²) in [5.41, 5.74) is 0.000492. The van der Waals surface area contributed by atoms with Crippen LogP contribution in [-0.4, -0.2) is 33.3 Å². The van der Waals surface area contributed by atoms with E-state index in [9.17, 15) is 8.42 Å². The number of hydrogen-bond donors (Lipinski definition) is 2. The maximum Gasteiger partial charge on any atom is 0.227 e. The molecule has 0 radical (unpaired) electrons. The Bertz CT molecular complexity index is 380. The molecular formula is C11H21N3O2S. The lowest BCUT2D eigenvalue weighted by atomic mass is 9.78. The summed E-state index contributed by atoms with van der Waals surface area (Å²) in [6.45, 7) is 5.75. The van der Waals surface area contributed by atoms with Crippen LogP contribution in [0, 0.1) is 16.7 Å². The van der Waals surface area contributed by atoms with Crippen molar-refractivity contribution in [1.29, 1.82) is 5.26 Å². The van der Waals surface area contributed by atoms with Crippen LogP contribution in [0.4, 0.5) is 0 Å². The zero-order valence-corrected chi connectivity index (χ0v) is 11.3. The van der Waals surface area contributed by atoms with E-state index in [1.165, 1.54) is 6.92 Å². The second-order valence-electron chi connectivity index (χ2n) is 4.77. The lowest BCUT2D eigenvalue weighted by Gasteiger charge is -2.37. The van der Waals surface area contributed by atoms with Gasteiger partial charge in [-0.15, -0.1) is 0 Å². The molecule has 0 aromatic rings. The summed E-state index contributed by atoms with van der Waals surface area (Å²) in [4.78, 5) is 0. The Hall–Kier alpha value is -0.640. The molecular weight excluding hydrogens is 238 g/mol. The Labute approximate surface area is 104 Å². The van der Waals surface area contributed by atoms with Crippen molar-refractivity contribution in [3.8, 4) is 6.07 Å². The van der Waals surface area contributed by atoms with Crippen LogP contribution in [0.1, 0.15) is 33.1 Å². The molecule has 0 saturated carbocycles. The molecule has 98 valence electrons. The molecule has 1 aliphatic heterocycles. The molecule has 1 heterocycles. The average molecular weight is 259 g/mol. The fourth-order valence-corrected chi connectivity index (χ4v) is 2.95. The van der Waals surface area contributed by atoms with Gasteiger partial charge in [-0.1, -0.05) is 6.92 Å². The van der Waals surface area contributed by atoms with Gasteiger partial charge in [0.1, 0.15) is 0 Å². The maximum absolute atomic E-state index is 11.7. The van der Waals surface area contributed by atoms with E-state index >= 15 is 0 Å². The van der Waals surface area contributed by atoms with Crippen molar-refractivity contribution in [1.82, 2.24) is 10.0 Å². The third-order valence-electron chi connectivity index (χ3n) is 3.61. The van der Waals surface area contributed by atoms with E-state index in [0.29, 0.717) is 6.54 Å². The van der Waals surface area contributed by atoms with E-state index in [2.05, 4.69) is 17.0 Å². The zero-order valence-electron chi connectivity index (χ0n) is 10.5. The maximum atomic E-state index is 11.7. The van der Waals surface area contributed by atoms with Crippen LogP contribution < -0.4 is 10.0 Å². The molecule has 2 N–H and O–H groups in total. The molecule has 0 bridgehead atoms. The molecule has 0 aromatic carbocycles. The van der Waals surface area contributed by atoms with Crippen LogP contribution in [0.15, 0.2) is 0 Å². The van der Waals surface area contributed by atoms with E-state index in [-0.39, 0.29) is 5.41 Å². The smallest absolute Gasteiger partial charge is 0.227 e. The van der Waals surface area contributed by atoms with Gasteiger partial charge in [0.15, 0.2) is 5.25 Å². The molecule has 0 spiro atoms. The van der Waals surface area contributed by atoms with Crippen molar-refractivity contribution in [3.63, 3.8) is 0 Å². The largest absolute Gasteiger partial charge is 0.316 e. The summed E-state index contributed by atoms with van der Waals surface area (Å²) < 4.78 is 26.0. The predicted molar refractivity (Wildman–Crippen MR) is 66.8 cm³/mol. The highest BCUT2D eigenvalue weighted by atomic mass is 32.2. The lowest BCUT2D eigenvalue weighted by molar-refractivity contribution is 0.203. The fourth-order valence-electron chi connectivity index (χ4n) is 2.06. The van der Waals surface area contributed by atoms with E-state index in [1.807, 2.05) is 0 Å². The molecule has 0 aliphatic carbocycles. The van der Waals surface area contributed by atoms with Crippen LogP contribution in [0.3, 0.4) is 0 Å². The fraction of sp³-hybridized carbons (Fsp3) is 0.909. The minimum absolute atomic E-state index is 0.000492. The molecule has 0 amide bonds. The Morgan fingerprint density at radius 2 is 2.29 bits per heavy atom. The number of rotatable bonds is 5. The molecule has 2 unspecified atom stereocenters. The zero-order chi connectivity index (χ0) is 12.9. The minimum atomic E-state index is -3.50. The van der Waals surface area contributed by atoms with Gasteiger partial charge < -0.3 is 5.32 Å². The molecule has 5 nitrogen and oxygen atoms in total. The Morgan fingerprint density at radius 3 is 2.76 bits per heavy atom. The molecule has 6 heteroatoms. The summed E-state index contributed by atoms with van der Waals surface area (Å²) in [6, 6.07) is 1.76. The summed E-state index contributed by atoms with van der Waals surface area (Å²) in [5.74, 6) is 0. The number of nitrogens with one attached hydrogen (secondary N) is 2. The van der Waals surface area contributed by atoms with Gasteiger partial charge in [0, 0.05) is 13.1 Å². The number of sulfonamides is 1. The van der Waals surface area contributed by atoms with E-state index < -0.39 is 15.3 Å². The van der Waals surface area contributed by atoms with Crippen LogP contribution in [0.2, 0.25) is 0 Å². The SMILES string of the molecule is CCC1(CNS(=O)(=O)C(C)C#N)CCCNC1. The van der Waals surface area contributed by atoms with Gasteiger partial charge in [-0.3, -0.25) is 0 Å². The van der Waals surface area contributed by atoms with Crippen molar-refractivity contribution in [3.05, 3.63) is 0 Å². The molecule has 1 saturated heterocycles. The first-order valence-corrected chi connectivity index (χ1v) is 7.59. The Balaban J connectivity index is 2.62. The van der Waals surface area contributed by atoms with Crippen LogP contribution in [0.5, 0.6) is 0 Å². The van der Waals surface area contributed by atoms with Crippen LogP contribution in [-0.2, 0) is 10.0 Å². The third kappa shape index (κ3) is 3.66. The molecule has 1 aliphatic rings. The van der Waals surface area contributed by atoms with Crippen molar-refractivity contribution in [2.24, 2.45) is 5.41 Å². The monoisotopic (exact) mass is 259 g/mol. The Morgan fingerprint density at radius 1 is 1.59 bits per heavy atom. The molecule has 1 rings (SSSR count). The standard InChI is InChI=1S/C11H21N3O2S/c1-3-11(5-4-6-13-8-11)9-14-17(15,16)10(2)7-12/h10,13-14H,3-6,8-9H2,1-2H3. The number of hydrogen-bond acceptors (Lipinski definition) is 4. The molecule has 17 heavy (non-hydrogen) atoms. The number of nitriles is 1. The number of nitrogens with zero attached hydrogens (tertiary/aromatic N) is 1. The summed E-state index contributed by atoms with van der Waals surface area (Å²) in [5, 5.41) is 11.0. The number of piperidine rings is 1. The van der Waals surface area contributed by atoms with Crippen molar-refractivity contribution in [2.45, 2.75) is 38.4 Å². The van der Waals surface area contributed by atoms with Gasteiger partial charge in [-0.05, 0) is 38.1 Å². The van der Waals surface area contributed by atoms with Crippen molar-refractivity contribution in [2.75, 3.05) is 19.6 Å². The highest BCUT2D eigenvalue weighted by Crippen LogP contribution is 2.29. The minimum Gasteiger partial charge on any atom is -0.316 e. The van der Waals surface area contributed by atoms with Gasteiger partial charge in [-0.2, -0.15) is 5.26 Å². The van der Waals surface area contributed by atoms with Gasteiger partial charge in [0.25, 0.3) is 0 Å².